The van der Waals surface area contributed by atoms with E-state index >= 15 is 0 Å². The molecule has 1 fully saturated rings. The highest BCUT2D eigenvalue weighted by atomic mass is 19.4. The minimum absolute atomic E-state index is 0.353. The molecule has 2 nitrogen and oxygen atoms in total. The summed E-state index contributed by atoms with van der Waals surface area (Å²) >= 11 is 0. The number of rotatable bonds is 3. The third-order valence-electron chi connectivity index (χ3n) is 4.03. The van der Waals surface area contributed by atoms with Crippen LogP contribution in [0.2, 0.25) is 0 Å². The second kappa shape index (κ2) is 5.74. The molecule has 0 atom stereocenters. The zero-order valence-corrected chi connectivity index (χ0v) is 11.5. The van der Waals surface area contributed by atoms with Crippen LogP contribution in [0.3, 0.4) is 0 Å². The molecule has 5 heteroatoms. The van der Waals surface area contributed by atoms with E-state index in [1.54, 1.807) is 6.07 Å². The number of halogens is 3. The first-order chi connectivity index (χ1) is 9.35. The fourth-order valence-electron chi connectivity index (χ4n) is 2.86. The Hall–Kier alpha value is -1.07. The van der Waals surface area contributed by atoms with Crippen LogP contribution in [0.4, 0.5) is 13.2 Å². The molecule has 1 aromatic carbocycles. The number of hydrogen-bond acceptors (Lipinski definition) is 2. The molecule has 0 aliphatic heterocycles. The minimum atomic E-state index is -4.37. The van der Waals surface area contributed by atoms with E-state index in [-0.39, 0.29) is 0 Å². The lowest BCUT2D eigenvalue weighted by Crippen LogP contribution is -2.39. The Labute approximate surface area is 117 Å². The summed E-state index contributed by atoms with van der Waals surface area (Å²) in [5.74, 6) is 0. The van der Waals surface area contributed by atoms with Crippen LogP contribution in [-0.4, -0.2) is 17.7 Å². The number of alkyl halides is 3. The quantitative estimate of drug-likeness (QED) is 0.892. The average molecular weight is 287 g/mol. The van der Waals surface area contributed by atoms with Crippen LogP contribution in [0, 0.1) is 0 Å². The predicted octanol–water partition coefficient (Wildman–Crippen LogP) is 3.45. The van der Waals surface area contributed by atoms with Gasteiger partial charge in [0, 0.05) is 6.04 Å². The van der Waals surface area contributed by atoms with Crippen LogP contribution < -0.4 is 5.32 Å². The molecule has 0 heterocycles. The summed E-state index contributed by atoms with van der Waals surface area (Å²) in [6.07, 6.45) is -1.83. The van der Waals surface area contributed by atoms with Gasteiger partial charge in [0.1, 0.15) is 0 Å². The normalized spacial score (nSPS) is 27.6. The van der Waals surface area contributed by atoms with E-state index in [0.29, 0.717) is 24.4 Å². The van der Waals surface area contributed by atoms with Gasteiger partial charge in [-0.25, -0.2) is 0 Å². The molecule has 20 heavy (non-hydrogen) atoms. The Morgan fingerprint density at radius 3 is 2.50 bits per heavy atom. The van der Waals surface area contributed by atoms with Crippen LogP contribution in [0.5, 0.6) is 0 Å². The molecular weight excluding hydrogens is 267 g/mol. The van der Waals surface area contributed by atoms with Crippen molar-refractivity contribution in [2.75, 3.05) is 6.54 Å². The zero-order chi connectivity index (χ0) is 14.8. The molecular formula is C15H20F3NO. The highest BCUT2D eigenvalue weighted by Crippen LogP contribution is 2.39. The lowest BCUT2D eigenvalue weighted by Gasteiger charge is -2.37. The van der Waals surface area contributed by atoms with Crippen molar-refractivity contribution >= 4 is 0 Å². The van der Waals surface area contributed by atoms with Gasteiger partial charge in [0.25, 0.3) is 0 Å². The number of hydrogen-bond donors (Lipinski definition) is 2. The Balaban J connectivity index is 2.15. The van der Waals surface area contributed by atoms with Crippen molar-refractivity contribution in [2.45, 2.75) is 50.4 Å². The highest BCUT2D eigenvalue weighted by molar-refractivity contribution is 5.30. The predicted molar refractivity (Wildman–Crippen MR) is 71.3 cm³/mol. The lowest BCUT2D eigenvalue weighted by atomic mass is 9.77. The van der Waals surface area contributed by atoms with Gasteiger partial charge in [-0.2, -0.15) is 13.2 Å². The van der Waals surface area contributed by atoms with E-state index in [4.69, 9.17) is 0 Å². The monoisotopic (exact) mass is 287 g/mol. The van der Waals surface area contributed by atoms with Crippen molar-refractivity contribution in [3.8, 4) is 0 Å². The summed E-state index contributed by atoms with van der Waals surface area (Å²) < 4.78 is 38.2. The van der Waals surface area contributed by atoms with E-state index in [0.717, 1.165) is 31.5 Å². The second-order valence-electron chi connectivity index (χ2n) is 5.44. The largest absolute Gasteiger partial charge is 0.416 e. The third-order valence-corrected chi connectivity index (χ3v) is 4.03. The second-order valence-corrected chi connectivity index (χ2v) is 5.44. The molecule has 1 aliphatic carbocycles. The third kappa shape index (κ3) is 3.33. The van der Waals surface area contributed by atoms with Crippen molar-refractivity contribution in [3.05, 3.63) is 35.4 Å². The van der Waals surface area contributed by atoms with Crippen molar-refractivity contribution < 1.29 is 18.3 Å². The fourth-order valence-corrected chi connectivity index (χ4v) is 2.86. The first kappa shape index (κ1) is 15.3. The maximum atomic E-state index is 12.7. The molecule has 1 aliphatic rings. The van der Waals surface area contributed by atoms with E-state index in [1.165, 1.54) is 6.07 Å². The number of benzene rings is 1. The maximum absolute atomic E-state index is 12.7. The molecule has 1 saturated carbocycles. The Kier molecular flexibility index (Phi) is 4.39. The van der Waals surface area contributed by atoms with Gasteiger partial charge in [0.05, 0.1) is 11.2 Å². The van der Waals surface area contributed by atoms with Crippen molar-refractivity contribution in [3.63, 3.8) is 0 Å². The topological polar surface area (TPSA) is 32.3 Å². The summed E-state index contributed by atoms with van der Waals surface area (Å²) in [6, 6.07) is 5.42. The Bertz CT molecular complexity index is 451. The number of nitrogens with one attached hydrogen (secondary N) is 1. The first-order valence-corrected chi connectivity index (χ1v) is 6.98. The minimum Gasteiger partial charge on any atom is -0.385 e. The molecule has 0 unspecified atom stereocenters. The van der Waals surface area contributed by atoms with Crippen LogP contribution in [0.15, 0.2) is 24.3 Å². The van der Waals surface area contributed by atoms with Crippen LogP contribution in [0.25, 0.3) is 0 Å². The maximum Gasteiger partial charge on any atom is 0.416 e. The molecule has 0 aromatic heterocycles. The van der Waals surface area contributed by atoms with Crippen LogP contribution in [-0.2, 0) is 11.8 Å². The number of aliphatic hydroxyl groups is 1. The van der Waals surface area contributed by atoms with Gasteiger partial charge in [0.2, 0.25) is 0 Å². The lowest BCUT2D eigenvalue weighted by molar-refractivity contribution is -0.137. The smallest absolute Gasteiger partial charge is 0.385 e. The summed E-state index contributed by atoms with van der Waals surface area (Å²) in [7, 11) is 0. The molecule has 2 N–H and O–H groups in total. The van der Waals surface area contributed by atoms with Gasteiger partial charge in [-0.15, -0.1) is 0 Å². The summed E-state index contributed by atoms with van der Waals surface area (Å²) in [5.41, 5.74) is -1.45. The van der Waals surface area contributed by atoms with E-state index in [2.05, 4.69) is 5.32 Å². The first-order valence-electron chi connectivity index (χ1n) is 6.98. The van der Waals surface area contributed by atoms with Gasteiger partial charge >= 0.3 is 6.18 Å². The average Bonchev–Trinajstić information content (AvgIpc) is 2.41. The standard InChI is InChI=1S/C15H20F3NO/c1-2-19-13-6-8-14(20,9-7-13)11-4-3-5-12(10-11)15(16,17)18/h3-5,10,13,19-20H,2,6-9H2,1H3. The molecule has 0 bridgehead atoms. The molecule has 0 amide bonds. The Morgan fingerprint density at radius 2 is 1.95 bits per heavy atom. The van der Waals surface area contributed by atoms with Crippen molar-refractivity contribution in [1.82, 2.24) is 5.32 Å². The molecule has 2 rings (SSSR count). The van der Waals surface area contributed by atoms with E-state index in [1.807, 2.05) is 6.92 Å². The van der Waals surface area contributed by atoms with E-state index in [9.17, 15) is 18.3 Å². The SMILES string of the molecule is CCNC1CCC(O)(c2cccc(C(F)(F)F)c2)CC1. The summed E-state index contributed by atoms with van der Waals surface area (Å²) in [5, 5.41) is 13.9. The van der Waals surface area contributed by atoms with Gasteiger partial charge in [-0.3, -0.25) is 0 Å². The summed E-state index contributed by atoms with van der Waals surface area (Å²) in [4.78, 5) is 0. The van der Waals surface area contributed by atoms with Crippen molar-refractivity contribution in [2.24, 2.45) is 0 Å². The molecule has 112 valence electrons. The Morgan fingerprint density at radius 1 is 1.30 bits per heavy atom. The molecule has 0 radical (unpaired) electrons. The highest BCUT2D eigenvalue weighted by Gasteiger charge is 2.37. The van der Waals surface area contributed by atoms with E-state index < -0.39 is 17.3 Å². The van der Waals surface area contributed by atoms with Gasteiger partial charge in [0.15, 0.2) is 0 Å². The van der Waals surface area contributed by atoms with Gasteiger partial charge in [-0.05, 0) is 49.9 Å². The summed E-state index contributed by atoms with van der Waals surface area (Å²) in [6.45, 7) is 2.89. The van der Waals surface area contributed by atoms with Gasteiger partial charge < -0.3 is 10.4 Å². The van der Waals surface area contributed by atoms with Crippen molar-refractivity contribution in [1.29, 1.82) is 0 Å². The molecule has 0 spiro atoms. The molecule has 0 saturated heterocycles. The molecule has 1 aromatic rings. The van der Waals surface area contributed by atoms with Crippen LogP contribution in [0.1, 0.15) is 43.7 Å². The van der Waals surface area contributed by atoms with Crippen LogP contribution >= 0.6 is 0 Å². The van der Waals surface area contributed by atoms with Gasteiger partial charge in [-0.1, -0.05) is 19.1 Å². The zero-order valence-electron chi connectivity index (χ0n) is 11.5. The fraction of sp³-hybridized carbons (Fsp3) is 0.600.